The summed E-state index contributed by atoms with van der Waals surface area (Å²) in [7, 11) is 0. The number of hydrogen-bond acceptors (Lipinski definition) is 13. The smallest absolute Gasteiger partial charge is 0.291 e. The maximum absolute atomic E-state index is 14.2. The van der Waals surface area contributed by atoms with Crippen molar-refractivity contribution in [1.29, 1.82) is 0 Å². The van der Waals surface area contributed by atoms with Crippen molar-refractivity contribution in [3.8, 4) is 17.2 Å². The summed E-state index contributed by atoms with van der Waals surface area (Å²) >= 11 is 0. The van der Waals surface area contributed by atoms with E-state index >= 15 is 0 Å². The number of nitrogens with two attached hydrogens (primary N) is 1. The van der Waals surface area contributed by atoms with Crippen molar-refractivity contribution >= 4 is 17.5 Å². The molecular formula is C55H54N2O12. The number of amides is 1. The molecule has 4 atom stereocenters. The van der Waals surface area contributed by atoms with Gasteiger partial charge in [0.2, 0.25) is 62.4 Å². The predicted octanol–water partition coefficient (Wildman–Crippen LogP) is 8.62. The van der Waals surface area contributed by atoms with Gasteiger partial charge in [-0.15, -0.1) is 0 Å². The third-order valence-corrected chi connectivity index (χ3v) is 14.2. The highest BCUT2D eigenvalue weighted by atomic mass is 16.5. The molecule has 3 aromatic heterocycles. The van der Waals surface area contributed by atoms with Crippen LogP contribution in [0.2, 0.25) is 0 Å². The van der Waals surface area contributed by atoms with Crippen molar-refractivity contribution in [2.45, 2.75) is 84.0 Å². The highest BCUT2D eigenvalue weighted by Gasteiger charge is 2.67. The summed E-state index contributed by atoms with van der Waals surface area (Å²) in [6.45, 7) is 0.686. The molecule has 10 rings (SSSR count). The Morgan fingerprint density at radius 2 is 0.826 bits per heavy atom. The molecule has 4 aliphatic rings. The van der Waals surface area contributed by atoms with Gasteiger partial charge in [0.15, 0.2) is 0 Å². The molecule has 3 aromatic carbocycles. The lowest BCUT2D eigenvalue weighted by atomic mass is 9.34. The molecule has 3 N–H and O–H groups in total. The van der Waals surface area contributed by atoms with Crippen LogP contribution in [0.3, 0.4) is 0 Å². The van der Waals surface area contributed by atoms with Gasteiger partial charge < -0.3 is 38.5 Å². The molecule has 1 amide bonds. The summed E-state index contributed by atoms with van der Waals surface area (Å²) in [6, 6.07) is 31.5. The van der Waals surface area contributed by atoms with Crippen LogP contribution in [0.4, 0.5) is 0 Å². The molecule has 4 bridgehead atoms. The van der Waals surface area contributed by atoms with E-state index < -0.39 is 43.9 Å². The standard InChI is InChI=1S/C55H54N2O12/c56-35-54-30-52(21-16-40(58)45-47(42(60)18-23-64-45)67-26-37-10-4-1-5-11-37)29-53(31-54,22-17-41(59)46-48(43(61)19-24-65-46)68-27-38-12-6-2-7-13-38)33-55(32-52,34-54)36-57-51(63)50-49(44(62)20-25-66-50)69-28-39-14-8-3-9-15-39/h1-15,18-20,23-25H,16-17,21-22,26-36,56H2,(H,57,63)/t52-,53+,54?,55?. The fraction of sp³-hybridized carbons (Fsp3) is 0.345. The lowest BCUT2D eigenvalue weighted by molar-refractivity contribution is -0.200. The minimum atomic E-state index is -0.619. The highest BCUT2D eigenvalue weighted by Crippen LogP contribution is 2.75. The molecule has 2 unspecified atom stereocenters. The molecule has 356 valence electrons. The fourth-order valence-electron chi connectivity index (χ4n) is 12.1. The minimum absolute atomic E-state index is 0.0291. The Balaban J connectivity index is 0.992. The van der Waals surface area contributed by atoms with E-state index in [-0.39, 0.29) is 85.3 Å². The van der Waals surface area contributed by atoms with Crippen LogP contribution in [-0.4, -0.2) is 30.6 Å². The van der Waals surface area contributed by atoms with Crippen LogP contribution in [0, 0.1) is 21.7 Å². The normalized spacial score (nSPS) is 22.2. The third-order valence-electron chi connectivity index (χ3n) is 14.2. The number of carbonyl (C=O) groups excluding carboxylic acids is 3. The molecule has 0 aliphatic heterocycles. The summed E-state index contributed by atoms with van der Waals surface area (Å²) in [6.07, 6.45) is 8.45. The average Bonchev–Trinajstić information content (AvgIpc) is 3.36. The van der Waals surface area contributed by atoms with Crippen molar-refractivity contribution in [3.05, 3.63) is 193 Å². The van der Waals surface area contributed by atoms with E-state index in [1.54, 1.807) is 0 Å². The first-order valence-corrected chi connectivity index (χ1v) is 23.3. The molecule has 4 saturated carbocycles. The quantitative estimate of drug-likeness (QED) is 0.0649. The number of carbonyl (C=O) groups is 3. The largest absolute Gasteiger partial charge is 0.481 e. The maximum atomic E-state index is 14.2. The van der Waals surface area contributed by atoms with Gasteiger partial charge in [0, 0.05) is 37.6 Å². The molecule has 4 fully saturated rings. The van der Waals surface area contributed by atoms with Crippen LogP contribution in [0.15, 0.2) is 156 Å². The molecule has 69 heavy (non-hydrogen) atoms. The molecule has 3 heterocycles. The lowest BCUT2D eigenvalue weighted by Gasteiger charge is -2.71. The molecule has 6 aromatic rings. The predicted molar refractivity (Wildman–Crippen MR) is 253 cm³/mol. The highest BCUT2D eigenvalue weighted by molar-refractivity contribution is 5.96. The van der Waals surface area contributed by atoms with Gasteiger partial charge in [-0.25, -0.2) is 0 Å². The number of rotatable bonds is 21. The molecule has 14 nitrogen and oxygen atoms in total. The average molecular weight is 935 g/mol. The van der Waals surface area contributed by atoms with Crippen LogP contribution >= 0.6 is 0 Å². The van der Waals surface area contributed by atoms with E-state index in [0.717, 1.165) is 16.7 Å². The second kappa shape index (κ2) is 19.7. The molecule has 0 spiro atoms. The van der Waals surface area contributed by atoms with Gasteiger partial charge in [-0.05, 0) is 96.3 Å². The Hall–Kier alpha value is -7.32. The third kappa shape index (κ3) is 10.3. The van der Waals surface area contributed by atoms with Crippen molar-refractivity contribution in [1.82, 2.24) is 5.32 Å². The maximum Gasteiger partial charge on any atom is 0.291 e. The SMILES string of the molecule is NCC12CC3(CNC(=O)c4occc(=O)c4OCc4ccccc4)C[C@](CCC(=O)c4occc(=O)c4OCc4ccccc4)(C1)C[C@](CCC(=O)c1occc(=O)c1OCc1ccccc1)(C2)C3. The Kier molecular flexibility index (Phi) is 13.4. The van der Waals surface area contributed by atoms with Gasteiger partial charge in [-0.2, -0.15) is 0 Å². The van der Waals surface area contributed by atoms with Crippen molar-refractivity contribution in [2.75, 3.05) is 13.1 Å². The number of nitrogens with one attached hydrogen (secondary N) is 1. The summed E-state index contributed by atoms with van der Waals surface area (Å²) in [5.74, 6) is -2.44. The Labute approximate surface area is 397 Å². The number of hydrogen-bond donors (Lipinski definition) is 2. The van der Waals surface area contributed by atoms with Gasteiger partial charge in [-0.3, -0.25) is 28.8 Å². The zero-order valence-corrected chi connectivity index (χ0v) is 38.2. The van der Waals surface area contributed by atoms with E-state index in [1.165, 1.54) is 37.0 Å². The van der Waals surface area contributed by atoms with Gasteiger partial charge in [0.1, 0.15) is 19.8 Å². The van der Waals surface area contributed by atoms with Gasteiger partial charge >= 0.3 is 0 Å². The zero-order valence-electron chi connectivity index (χ0n) is 38.2. The van der Waals surface area contributed by atoms with Gasteiger partial charge in [-0.1, -0.05) is 91.0 Å². The monoisotopic (exact) mass is 934 g/mol. The summed E-state index contributed by atoms with van der Waals surface area (Å²) < 4.78 is 34.9. The Morgan fingerprint density at radius 3 is 1.23 bits per heavy atom. The molecule has 0 saturated heterocycles. The molecule has 14 heteroatoms. The number of ether oxygens (including phenoxy) is 3. The second-order valence-corrected chi connectivity index (χ2v) is 19.4. The van der Waals surface area contributed by atoms with Crippen LogP contribution in [0.1, 0.15) is 113 Å². The van der Waals surface area contributed by atoms with Crippen LogP contribution in [-0.2, 0) is 19.8 Å². The fourth-order valence-corrected chi connectivity index (χ4v) is 12.1. The van der Waals surface area contributed by atoms with Gasteiger partial charge in [0.05, 0.1) is 18.8 Å². The van der Waals surface area contributed by atoms with Crippen molar-refractivity contribution in [2.24, 2.45) is 27.4 Å². The lowest BCUT2D eigenvalue weighted by Crippen LogP contribution is -2.65. The first kappa shape index (κ1) is 46.8. The zero-order chi connectivity index (χ0) is 48.1. The van der Waals surface area contributed by atoms with E-state index in [1.807, 2.05) is 91.0 Å². The first-order chi connectivity index (χ1) is 33.4. The van der Waals surface area contributed by atoms with Crippen molar-refractivity contribution < 1.29 is 41.8 Å². The first-order valence-electron chi connectivity index (χ1n) is 23.3. The van der Waals surface area contributed by atoms with E-state index in [4.69, 9.17) is 33.2 Å². The Bertz CT molecular complexity index is 2670. The second-order valence-electron chi connectivity index (χ2n) is 19.4. The summed E-state index contributed by atoms with van der Waals surface area (Å²) in [4.78, 5) is 82.0. The molecule has 0 radical (unpaired) electrons. The molecule has 4 aliphatic carbocycles. The number of ketones is 2. The summed E-state index contributed by atoms with van der Waals surface area (Å²) in [5.41, 5.74) is 5.84. The Morgan fingerprint density at radius 1 is 0.478 bits per heavy atom. The van der Waals surface area contributed by atoms with Crippen LogP contribution in [0.5, 0.6) is 17.2 Å². The molecular weight excluding hydrogens is 881 g/mol. The van der Waals surface area contributed by atoms with E-state index in [2.05, 4.69) is 5.32 Å². The number of Topliss-reactive ketones (excluding diaryl/α,β-unsaturated/α-hetero) is 2. The van der Waals surface area contributed by atoms with Gasteiger partial charge in [0.25, 0.3) is 5.91 Å². The van der Waals surface area contributed by atoms with Crippen LogP contribution in [0.25, 0.3) is 0 Å². The minimum Gasteiger partial charge on any atom is -0.481 e. The number of benzene rings is 3. The van der Waals surface area contributed by atoms with Crippen LogP contribution < -0.4 is 41.5 Å². The van der Waals surface area contributed by atoms with Crippen molar-refractivity contribution in [3.63, 3.8) is 0 Å². The van der Waals surface area contributed by atoms with E-state index in [9.17, 15) is 28.8 Å². The topological polar surface area (TPSA) is 208 Å². The summed E-state index contributed by atoms with van der Waals surface area (Å²) in [5, 5.41) is 3.10. The van der Waals surface area contributed by atoms with E-state index in [0.29, 0.717) is 57.9 Å².